The summed E-state index contributed by atoms with van der Waals surface area (Å²) in [6.07, 6.45) is -1.34. The minimum atomic E-state index is -1.29. The van der Waals surface area contributed by atoms with E-state index in [9.17, 15) is 29.1 Å². The van der Waals surface area contributed by atoms with Crippen LogP contribution in [0.25, 0.3) is 0 Å². The number of rotatable bonds is 14. The maximum atomic E-state index is 12.9. The van der Waals surface area contributed by atoms with Gasteiger partial charge in [-0.25, -0.2) is 9.59 Å². The van der Waals surface area contributed by atoms with Crippen LogP contribution in [0.3, 0.4) is 0 Å². The van der Waals surface area contributed by atoms with Crippen LogP contribution in [-0.2, 0) is 43.3 Å². The third-order valence-corrected chi connectivity index (χ3v) is 6.99. The predicted molar refractivity (Wildman–Crippen MR) is 180 cm³/mol. The number of hydrogen-bond donors (Lipinski definition) is 1. The molecule has 0 aromatic heterocycles. The average molecular weight is 689 g/mol. The number of oxime groups is 2. The van der Waals surface area contributed by atoms with Crippen LogP contribution in [0, 0.1) is 0 Å². The van der Waals surface area contributed by atoms with Crippen molar-refractivity contribution in [2.45, 2.75) is 72.7 Å². The lowest BCUT2D eigenvalue weighted by molar-refractivity contribution is -0.245. The number of hydrogen-bond acceptors (Lipinski definition) is 13. The fourth-order valence-corrected chi connectivity index (χ4v) is 4.95. The Morgan fingerprint density at radius 3 is 1.36 bits per heavy atom. The van der Waals surface area contributed by atoms with Gasteiger partial charge in [-0.15, -0.1) is 5.06 Å². The molecule has 3 aromatic rings. The Labute approximate surface area is 289 Å². The Morgan fingerprint density at radius 2 is 1.00 bits per heavy atom. The van der Waals surface area contributed by atoms with Crippen LogP contribution in [0.15, 0.2) is 95.2 Å². The topological polar surface area (TPSA) is 174 Å². The summed E-state index contributed by atoms with van der Waals surface area (Å²) in [6.45, 7) is 7.42. The van der Waals surface area contributed by atoms with E-state index in [0.29, 0.717) is 28.0 Å². The molecule has 3 atom stereocenters. The number of carbonyl (C=O) groups excluding carboxylic acids is 5. The number of aliphatic hydroxyl groups is 1. The second kappa shape index (κ2) is 18.7. The van der Waals surface area contributed by atoms with E-state index in [2.05, 4.69) is 10.3 Å². The molecule has 0 fully saturated rings. The maximum absolute atomic E-state index is 12.9. The highest BCUT2D eigenvalue weighted by Gasteiger charge is 2.32. The van der Waals surface area contributed by atoms with Gasteiger partial charge in [0.1, 0.15) is 12.3 Å². The highest BCUT2D eigenvalue weighted by Crippen LogP contribution is 2.33. The van der Waals surface area contributed by atoms with Gasteiger partial charge in [-0.2, -0.15) is 5.06 Å². The molecule has 264 valence electrons. The average Bonchev–Trinajstić information content (AvgIpc) is 3.07. The smallest absolute Gasteiger partial charge is 0.331 e. The standard InChI is InChI=1S/C36H40N4O10/c1-23(41)39(49-27(5)45)35(21-33(37-47-25(3)43)29-13-9-7-10-14-29)31-17-19-32(20-18-31)36(40(24(2)42)50-28(6)46)22-34(38-48-26(4)44)30-15-11-8-12-16-30/h7-20,23,35-36,41H,21-22H2,1-6H3/b37-33+,38-34+. The number of hydroxylamine groups is 4. The Morgan fingerprint density at radius 1 is 0.600 bits per heavy atom. The van der Waals surface area contributed by atoms with Crippen molar-refractivity contribution in [3.63, 3.8) is 0 Å². The molecule has 0 aliphatic carbocycles. The van der Waals surface area contributed by atoms with Gasteiger partial charge in [0.05, 0.1) is 17.5 Å². The lowest BCUT2D eigenvalue weighted by Gasteiger charge is -2.33. The van der Waals surface area contributed by atoms with Crippen LogP contribution in [-0.4, -0.2) is 62.7 Å². The van der Waals surface area contributed by atoms with E-state index in [1.165, 1.54) is 34.6 Å². The Hall–Kier alpha value is -5.73. The highest BCUT2D eigenvalue weighted by molar-refractivity contribution is 6.01. The van der Waals surface area contributed by atoms with Gasteiger partial charge in [-0.1, -0.05) is 95.2 Å². The minimum Gasteiger partial charge on any atom is -0.375 e. The van der Waals surface area contributed by atoms with Gasteiger partial charge in [0.25, 0.3) is 5.91 Å². The van der Waals surface area contributed by atoms with E-state index in [4.69, 9.17) is 19.4 Å². The van der Waals surface area contributed by atoms with E-state index in [0.717, 1.165) is 17.1 Å². The molecule has 0 aliphatic heterocycles. The van der Waals surface area contributed by atoms with Crippen LogP contribution in [0.1, 0.15) is 88.7 Å². The zero-order valence-corrected chi connectivity index (χ0v) is 28.6. The summed E-state index contributed by atoms with van der Waals surface area (Å²) in [5, 5.41) is 20.9. The summed E-state index contributed by atoms with van der Waals surface area (Å²) in [5.41, 5.74) is 2.83. The van der Waals surface area contributed by atoms with Crippen LogP contribution >= 0.6 is 0 Å². The quantitative estimate of drug-likeness (QED) is 0.105. The van der Waals surface area contributed by atoms with Gasteiger partial charge >= 0.3 is 23.9 Å². The first kappa shape index (κ1) is 38.7. The molecule has 14 heteroatoms. The summed E-state index contributed by atoms with van der Waals surface area (Å²) in [5.74, 6) is -3.32. The molecule has 1 amide bonds. The molecule has 3 unspecified atom stereocenters. The van der Waals surface area contributed by atoms with E-state index >= 15 is 0 Å². The second-order valence-electron chi connectivity index (χ2n) is 11.1. The lowest BCUT2D eigenvalue weighted by Crippen LogP contribution is -2.39. The number of amides is 1. The van der Waals surface area contributed by atoms with Crippen molar-refractivity contribution in [1.29, 1.82) is 0 Å². The van der Waals surface area contributed by atoms with E-state index < -0.39 is 48.1 Å². The van der Waals surface area contributed by atoms with Gasteiger partial charge in [0, 0.05) is 47.5 Å². The van der Waals surface area contributed by atoms with E-state index in [1.54, 1.807) is 84.9 Å². The number of nitrogens with zero attached hydrogens (tertiary/aromatic N) is 4. The molecule has 1 N–H and O–H groups in total. The van der Waals surface area contributed by atoms with Gasteiger partial charge in [0.15, 0.2) is 0 Å². The SMILES string of the molecule is CC(=O)O/N=C(\CC(c1ccc(C(C/C(=N\OC(C)=O)c2ccccc2)N(OC(C)=O)C(C)O)cc1)N(OC(C)=O)C(C)=O)c1ccccc1. The molecule has 3 rings (SSSR count). The van der Waals surface area contributed by atoms with Gasteiger partial charge < -0.3 is 24.5 Å². The maximum Gasteiger partial charge on any atom is 0.331 e. The van der Waals surface area contributed by atoms with E-state index in [1.807, 2.05) is 0 Å². The monoisotopic (exact) mass is 688 g/mol. The molecular formula is C36H40N4O10. The lowest BCUT2D eigenvalue weighted by atomic mass is 9.93. The predicted octanol–water partition coefficient (Wildman–Crippen LogP) is 4.93. The van der Waals surface area contributed by atoms with Crippen LogP contribution in [0.4, 0.5) is 0 Å². The van der Waals surface area contributed by atoms with Crippen molar-refractivity contribution < 1.29 is 48.4 Å². The summed E-state index contributed by atoms with van der Waals surface area (Å²) >= 11 is 0. The Balaban J connectivity index is 2.16. The first-order valence-electron chi connectivity index (χ1n) is 15.6. The molecule has 0 aliphatic rings. The molecule has 0 saturated carbocycles. The van der Waals surface area contributed by atoms with Crippen molar-refractivity contribution in [3.8, 4) is 0 Å². The largest absolute Gasteiger partial charge is 0.375 e. The molecule has 0 bridgehead atoms. The zero-order valence-electron chi connectivity index (χ0n) is 28.6. The van der Waals surface area contributed by atoms with Crippen molar-refractivity contribution >= 4 is 41.2 Å². The van der Waals surface area contributed by atoms with Crippen molar-refractivity contribution in [3.05, 3.63) is 107 Å². The third kappa shape index (κ3) is 11.8. The van der Waals surface area contributed by atoms with Crippen molar-refractivity contribution in [2.24, 2.45) is 10.3 Å². The first-order chi connectivity index (χ1) is 23.8. The van der Waals surface area contributed by atoms with Gasteiger partial charge in [-0.05, 0) is 29.2 Å². The van der Waals surface area contributed by atoms with E-state index in [-0.39, 0.29) is 18.6 Å². The van der Waals surface area contributed by atoms with Crippen molar-refractivity contribution in [2.75, 3.05) is 0 Å². The summed E-state index contributed by atoms with van der Waals surface area (Å²) in [6, 6.07) is 22.6. The molecule has 0 heterocycles. The van der Waals surface area contributed by atoms with Crippen LogP contribution in [0.2, 0.25) is 0 Å². The second-order valence-corrected chi connectivity index (χ2v) is 11.1. The molecule has 0 radical (unpaired) electrons. The normalized spacial score (nSPS) is 13.4. The number of benzene rings is 3. The fourth-order valence-electron chi connectivity index (χ4n) is 4.95. The van der Waals surface area contributed by atoms with Gasteiger partial charge in [0.2, 0.25) is 0 Å². The molecule has 50 heavy (non-hydrogen) atoms. The van der Waals surface area contributed by atoms with Gasteiger partial charge in [-0.3, -0.25) is 14.4 Å². The molecular weight excluding hydrogens is 648 g/mol. The molecule has 0 saturated heterocycles. The molecule has 14 nitrogen and oxygen atoms in total. The van der Waals surface area contributed by atoms with Crippen molar-refractivity contribution in [1.82, 2.24) is 10.1 Å². The number of aliphatic hydroxyl groups excluding tert-OH is 1. The number of carbonyl (C=O) groups is 5. The molecule has 0 spiro atoms. The fraction of sp³-hybridized carbons (Fsp3) is 0.306. The Bertz CT molecular complexity index is 1690. The zero-order chi connectivity index (χ0) is 36.8. The summed E-state index contributed by atoms with van der Waals surface area (Å²) < 4.78 is 0. The molecule has 3 aromatic carbocycles. The Kier molecular flexibility index (Phi) is 14.5. The summed E-state index contributed by atoms with van der Waals surface area (Å²) in [7, 11) is 0. The summed E-state index contributed by atoms with van der Waals surface area (Å²) in [4.78, 5) is 81.3. The minimum absolute atomic E-state index is 0.00152. The van der Waals surface area contributed by atoms with Crippen LogP contribution < -0.4 is 0 Å². The highest BCUT2D eigenvalue weighted by atomic mass is 16.7. The third-order valence-electron chi connectivity index (χ3n) is 6.99. The van der Waals surface area contributed by atoms with Crippen LogP contribution in [0.5, 0.6) is 0 Å². The first-order valence-corrected chi connectivity index (χ1v) is 15.6.